The molecule has 8 heavy (non-hydrogen) atoms. The maximum atomic E-state index is 11.2. The summed E-state index contributed by atoms with van der Waals surface area (Å²) in [4.78, 5) is 0. The number of halogens is 3. The van der Waals surface area contributed by atoms with Crippen LogP contribution in [-0.2, 0) is 0 Å². The highest BCUT2D eigenvalue weighted by molar-refractivity contribution is 4.58. The van der Waals surface area contributed by atoms with Crippen molar-refractivity contribution < 1.29 is 13.2 Å². The van der Waals surface area contributed by atoms with Crippen molar-refractivity contribution in [2.75, 3.05) is 0 Å². The van der Waals surface area contributed by atoms with Gasteiger partial charge in [-0.05, 0) is 6.92 Å². The number of hydrogen-bond acceptors (Lipinski definition) is 0. The molecule has 0 bridgehead atoms. The van der Waals surface area contributed by atoms with Crippen molar-refractivity contribution in [2.24, 2.45) is 0 Å². The van der Waals surface area contributed by atoms with Gasteiger partial charge in [-0.3, -0.25) is 5.73 Å². The third-order valence-corrected chi connectivity index (χ3v) is 0.538. The van der Waals surface area contributed by atoms with Crippen LogP contribution in [0.5, 0.6) is 0 Å². The van der Waals surface area contributed by atoms with Gasteiger partial charge in [-0.1, -0.05) is 0 Å². The molecular formula is C4H7F3N. The highest BCUT2D eigenvalue weighted by Gasteiger charge is 2.28. The second kappa shape index (κ2) is 2.35. The van der Waals surface area contributed by atoms with E-state index in [0.717, 1.165) is 0 Å². The van der Waals surface area contributed by atoms with Gasteiger partial charge in [0.15, 0.2) is 0 Å². The van der Waals surface area contributed by atoms with Crippen molar-refractivity contribution in [3.8, 4) is 0 Å². The molecule has 1 N–H and O–H groups in total. The standard InChI is InChI=1S/C4H7F3N/c1-3(8)2-4(5,6)7/h3,8H,2H2,1H3. The summed E-state index contributed by atoms with van der Waals surface area (Å²) in [6, 6.07) is -1.03. The fraction of sp³-hybridized carbons (Fsp3) is 1.00. The van der Waals surface area contributed by atoms with Crippen LogP contribution in [0.1, 0.15) is 13.3 Å². The summed E-state index contributed by atoms with van der Waals surface area (Å²) >= 11 is 0. The number of alkyl halides is 3. The molecule has 0 amide bonds. The van der Waals surface area contributed by atoms with E-state index in [1.807, 2.05) is 0 Å². The van der Waals surface area contributed by atoms with Gasteiger partial charge < -0.3 is 0 Å². The number of hydrogen-bond donors (Lipinski definition) is 0. The molecule has 0 aliphatic heterocycles. The van der Waals surface area contributed by atoms with Crippen LogP contribution in [0, 0.1) is 0 Å². The van der Waals surface area contributed by atoms with Gasteiger partial charge in [-0.25, -0.2) is 0 Å². The third kappa shape index (κ3) is 5.75. The number of rotatable bonds is 1. The average Bonchev–Trinajstić information content (AvgIpc) is 1.21. The summed E-state index contributed by atoms with van der Waals surface area (Å²) in [5.74, 6) is 0. The first-order chi connectivity index (χ1) is 3.42. The van der Waals surface area contributed by atoms with E-state index >= 15 is 0 Å². The molecular weight excluding hydrogens is 119 g/mol. The van der Waals surface area contributed by atoms with Gasteiger partial charge in [-0.15, -0.1) is 0 Å². The molecule has 0 spiro atoms. The second-order valence-electron chi connectivity index (χ2n) is 1.72. The van der Waals surface area contributed by atoms with Crippen LogP contribution in [-0.4, -0.2) is 12.2 Å². The minimum atomic E-state index is -4.17. The topological polar surface area (TPSA) is 23.8 Å². The van der Waals surface area contributed by atoms with Gasteiger partial charge >= 0.3 is 6.18 Å². The van der Waals surface area contributed by atoms with Crippen LogP contribution in [0.3, 0.4) is 0 Å². The molecule has 0 aliphatic rings. The van der Waals surface area contributed by atoms with Crippen LogP contribution in [0.2, 0.25) is 0 Å². The highest BCUT2D eigenvalue weighted by Crippen LogP contribution is 2.20. The summed E-state index contributed by atoms with van der Waals surface area (Å²) in [7, 11) is 0. The van der Waals surface area contributed by atoms with Crippen molar-refractivity contribution in [2.45, 2.75) is 25.6 Å². The predicted octanol–water partition coefficient (Wildman–Crippen LogP) is 1.61. The van der Waals surface area contributed by atoms with E-state index in [0.29, 0.717) is 0 Å². The van der Waals surface area contributed by atoms with E-state index in [1.54, 1.807) is 0 Å². The fourth-order valence-corrected chi connectivity index (χ4v) is 0.347. The van der Waals surface area contributed by atoms with Crippen LogP contribution in [0.4, 0.5) is 13.2 Å². The molecule has 0 rings (SSSR count). The molecule has 0 heterocycles. The van der Waals surface area contributed by atoms with Crippen LogP contribution < -0.4 is 5.73 Å². The lowest BCUT2D eigenvalue weighted by molar-refractivity contribution is -0.137. The van der Waals surface area contributed by atoms with Gasteiger partial charge in [-0.2, -0.15) is 13.2 Å². The lowest BCUT2D eigenvalue weighted by Gasteiger charge is -2.06. The molecule has 0 aromatic rings. The van der Waals surface area contributed by atoms with Crippen LogP contribution in [0.25, 0.3) is 0 Å². The Morgan fingerprint density at radius 2 is 1.88 bits per heavy atom. The van der Waals surface area contributed by atoms with E-state index in [2.05, 4.69) is 0 Å². The Morgan fingerprint density at radius 3 is 1.88 bits per heavy atom. The molecule has 49 valence electrons. The molecule has 0 aromatic heterocycles. The molecule has 0 fully saturated rings. The third-order valence-electron chi connectivity index (χ3n) is 0.538. The summed E-state index contributed by atoms with van der Waals surface area (Å²) in [6.07, 6.45) is -5.17. The quantitative estimate of drug-likeness (QED) is 0.509. The monoisotopic (exact) mass is 126 g/mol. The molecule has 0 aliphatic carbocycles. The molecule has 4 heteroatoms. The lowest BCUT2D eigenvalue weighted by atomic mass is 10.2. The van der Waals surface area contributed by atoms with Crippen LogP contribution in [0.15, 0.2) is 0 Å². The molecule has 1 unspecified atom stereocenters. The lowest BCUT2D eigenvalue weighted by Crippen LogP contribution is -2.17. The summed E-state index contributed by atoms with van der Waals surface area (Å²) < 4.78 is 33.6. The normalized spacial score (nSPS) is 16.1. The number of nitrogens with one attached hydrogen (secondary N) is 1. The molecule has 0 aromatic carbocycles. The maximum absolute atomic E-state index is 11.2. The first-order valence-electron chi connectivity index (χ1n) is 2.19. The van der Waals surface area contributed by atoms with Gasteiger partial charge in [0.05, 0.1) is 6.42 Å². The van der Waals surface area contributed by atoms with Crippen molar-refractivity contribution in [1.82, 2.24) is 5.73 Å². The maximum Gasteiger partial charge on any atom is 0.390 e. The van der Waals surface area contributed by atoms with Gasteiger partial charge in [0.25, 0.3) is 0 Å². The Hall–Kier alpha value is -0.250. The SMILES string of the molecule is CC([NH])CC(F)(F)F. The summed E-state index contributed by atoms with van der Waals surface area (Å²) in [5, 5.41) is 0. The van der Waals surface area contributed by atoms with E-state index in [9.17, 15) is 13.2 Å². The summed E-state index contributed by atoms with van der Waals surface area (Å²) in [6.45, 7) is 1.22. The van der Waals surface area contributed by atoms with Crippen LogP contribution >= 0.6 is 0 Å². The molecule has 0 saturated carbocycles. The van der Waals surface area contributed by atoms with Gasteiger partial charge in [0, 0.05) is 6.04 Å². The zero-order valence-electron chi connectivity index (χ0n) is 4.42. The van der Waals surface area contributed by atoms with Gasteiger partial charge in [0.1, 0.15) is 0 Å². The van der Waals surface area contributed by atoms with Gasteiger partial charge in [0.2, 0.25) is 0 Å². The molecule has 1 nitrogen and oxygen atoms in total. The van der Waals surface area contributed by atoms with E-state index in [4.69, 9.17) is 5.73 Å². The second-order valence-corrected chi connectivity index (χ2v) is 1.72. The Morgan fingerprint density at radius 1 is 1.50 bits per heavy atom. The highest BCUT2D eigenvalue weighted by atomic mass is 19.4. The fourth-order valence-electron chi connectivity index (χ4n) is 0.347. The molecule has 1 atom stereocenters. The minimum absolute atomic E-state index is 1.01. The first kappa shape index (κ1) is 7.75. The molecule has 0 saturated heterocycles. The van der Waals surface area contributed by atoms with E-state index < -0.39 is 18.6 Å². The average molecular weight is 126 g/mol. The van der Waals surface area contributed by atoms with E-state index in [1.165, 1.54) is 6.92 Å². The largest absolute Gasteiger partial charge is 0.390 e. The van der Waals surface area contributed by atoms with Crippen molar-refractivity contribution in [1.29, 1.82) is 0 Å². The minimum Gasteiger partial charge on any atom is -0.254 e. The summed E-state index contributed by atoms with van der Waals surface area (Å²) in [5.41, 5.74) is 6.51. The van der Waals surface area contributed by atoms with Crippen molar-refractivity contribution >= 4 is 0 Å². The Labute approximate surface area is 45.7 Å². The smallest absolute Gasteiger partial charge is 0.254 e. The molecule has 1 radical (unpaired) electrons. The van der Waals surface area contributed by atoms with Crippen molar-refractivity contribution in [3.05, 3.63) is 0 Å². The zero-order valence-corrected chi connectivity index (χ0v) is 4.42. The van der Waals surface area contributed by atoms with Crippen molar-refractivity contribution in [3.63, 3.8) is 0 Å². The Balaban J connectivity index is 3.39. The predicted molar refractivity (Wildman–Crippen MR) is 23.2 cm³/mol. The van der Waals surface area contributed by atoms with E-state index in [-0.39, 0.29) is 0 Å². The first-order valence-corrected chi connectivity index (χ1v) is 2.19. The zero-order chi connectivity index (χ0) is 6.78. The Kier molecular flexibility index (Phi) is 2.27. The Bertz CT molecular complexity index is 66.2.